The van der Waals surface area contributed by atoms with Gasteiger partial charge in [0.25, 0.3) is 0 Å². The van der Waals surface area contributed by atoms with E-state index in [1.165, 1.54) is 22.3 Å². The first kappa shape index (κ1) is 24.2. The molecule has 2 N–H and O–H groups in total. The Balaban J connectivity index is 1.46. The van der Waals surface area contributed by atoms with Gasteiger partial charge in [0.2, 0.25) is 6.41 Å². The number of carbonyl (C=O) groups excluding carboxylic acids is 1. The van der Waals surface area contributed by atoms with E-state index in [1.54, 1.807) is 0 Å². The smallest absolute Gasteiger partial charge is 0.210 e. The Labute approximate surface area is 219 Å². The number of morpholine rings is 1. The standard InChI is InChI=1S/C31H38N4O2/c1-31(2,3)12-11-20-6-4-7-25(27-8-5-13-34(27)19-36)29(20)21-9-10-26-22(14-21)15-28(30(32)33-26)35-17-24-16-23(35)18-37-24/h4,6-7,9-10,14-15,19,23-24,27H,5,8,11-13,16-18H2,1-3H3,(H2,32,33)/t23-,24-,27?/m0/s1. The zero-order chi connectivity index (χ0) is 25.7. The number of carbonyl (C=O) groups is 1. The Kier molecular flexibility index (Phi) is 6.10. The Bertz CT molecular complexity index is 1330. The van der Waals surface area contributed by atoms with Gasteiger partial charge in [0.15, 0.2) is 0 Å². The number of nitrogens with two attached hydrogens (primary N) is 1. The van der Waals surface area contributed by atoms with Crippen molar-refractivity contribution in [3.05, 3.63) is 53.6 Å². The molecule has 4 heterocycles. The molecule has 3 fully saturated rings. The minimum Gasteiger partial charge on any atom is -0.382 e. The van der Waals surface area contributed by atoms with Crippen molar-refractivity contribution in [2.24, 2.45) is 5.41 Å². The Morgan fingerprint density at radius 1 is 1.19 bits per heavy atom. The summed E-state index contributed by atoms with van der Waals surface area (Å²) in [5.41, 5.74) is 13.7. The van der Waals surface area contributed by atoms with Crippen LogP contribution in [0.15, 0.2) is 42.5 Å². The second-order valence-corrected chi connectivity index (χ2v) is 12.2. The molecule has 3 aromatic rings. The lowest BCUT2D eigenvalue weighted by atomic mass is 9.83. The average molecular weight is 499 g/mol. The number of fused-ring (bicyclic) bond motifs is 3. The molecule has 3 atom stereocenters. The molecule has 37 heavy (non-hydrogen) atoms. The van der Waals surface area contributed by atoms with Crippen LogP contribution in [0.5, 0.6) is 0 Å². The van der Waals surface area contributed by atoms with Gasteiger partial charge in [-0.25, -0.2) is 4.98 Å². The van der Waals surface area contributed by atoms with Crippen LogP contribution in [0.4, 0.5) is 11.5 Å². The Hall–Kier alpha value is -3.12. The van der Waals surface area contributed by atoms with Gasteiger partial charge in [-0.1, -0.05) is 45.0 Å². The quantitative estimate of drug-likeness (QED) is 0.439. The molecule has 194 valence electrons. The molecule has 1 amide bonds. The van der Waals surface area contributed by atoms with Crippen molar-refractivity contribution in [1.82, 2.24) is 9.88 Å². The second-order valence-electron chi connectivity index (χ2n) is 12.2. The SMILES string of the molecule is CC(C)(C)CCc1cccc(C2CCCN2C=O)c1-c1ccc2nc(N)c(N3C[C@@H]4C[C@H]3CO4)cc2c1. The zero-order valence-corrected chi connectivity index (χ0v) is 22.2. The fourth-order valence-corrected chi connectivity index (χ4v) is 6.48. The Morgan fingerprint density at radius 3 is 2.78 bits per heavy atom. The lowest BCUT2D eigenvalue weighted by Crippen LogP contribution is -2.37. The molecule has 3 aliphatic rings. The maximum Gasteiger partial charge on any atom is 0.210 e. The molecular weight excluding hydrogens is 460 g/mol. The van der Waals surface area contributed by atoms with Gasteiger partial charge in [0, 0.05) is 18.5 Å². The minimum atomic E-state index is 0.123. The summed E-state index contributed by atoms with van der Waals surface area (Å²) in [5, 5.41) is 1.10. The lowest BCUT2D eigenvalue weighted by molar-refractivity contribution is -0.118. The van der Waals surface area contributed by atoms with Crippen LogP contribution in [0.1, 0.15) is 63.6 Å². The number of aryl methyl sites for hydroxylation is 1. The summed E-state index contributed by atoms with van der Waals surface area (Å²) >= 11 is 0. The number of likely N-dealkylation sites (tertiary alicyclic amines) is 1. The molecule has 6 rings (SSSR count). The fourth-order valence-electron chi connectivity index (χ4n) is 6.48. The van der Waals surface area contributed by atoms with Crippen molar-refractivity contribution in [2.75, 3.05) is 30.3 Å². The summed E-state index contributed by atoms with van der Waals surface area (Å²) in [6, 6.07) is 15.9. The highest BCUT2D eigenvalue weighted by atomic mass is 16.5. The first-order valence-electron chi connectivity index (χ1n) is 13.7. The van der Waals surface area contributed by atoms with Crippen LogP contribution in [0.2, 0.25) is 0 Å². The normalized spacial score (nSPS) is 23.4. The van der Waals surface area contributed by atoms with Crippen molar-refractivity contribution in [2.45, 2.75) is 71.1 Å². The summed E-state index contributed by atoms with van der Waals surface area (Å²) in [4.78, 5) is 21.0. The number of nitrogens with zero attached hydrogens (tertiary/aromatic N) is 3. The number of rotatable bonds is 6. The molecule has 0 aliphatic carbocycles. The Morgan fingerprint density at radius 2 is 2.05 bits per heavy atom. The summed E-state index contributed by atoms with van der Waals surface area (Å²) in [6.07, 6.45) is 6.54. The molecule has 3 saturated heterocycles. The van der Waals surface area contributed by atoms with Crippen molar-refractivity contribution in [1.29, 1.82) is 0 Å². The second kappa shape index (κ2) is 9.32. The summed E-state index contributed by atoms with van der Waals surface area (Å²) in [6.45, 7) is 9.36. The largest absolute Gasteiger partial charge is 0.382 e. The van der Waals surface area contributed by atoms with Gasteiger partial charge >= 0.3 is 0 Å². The number of hydrogen-bond acceptors (Lipinski definition) is 5. The van der Waals surface area contributed by atoms with Gasteiger partial charge in [0.1, 0.15) is 5.82 Å². The van der Waals surface area contributed by atoms with Crippen LogP contribution in [0.25, 0.3) is 22.0 Å². The molecular formula is C31H38N4O2. The summed E-state index contributed by atoms with van der Waals surface area (Å²) in [7, 11) is 0. The molecule has 3 aliphatic heterocycles. The number of nitrogen functional groups attached to an aromatic ring is 1. The third-order valence-electron chi connectivity index (χ3n) is 8.44. The van der Waals surface area contributed by atoms with Crippen molar-refractivity contribution in [3.8, 4) is 11.1 Å². The third-order valence-corrected chi connectivity index (χ3v) is 8.44. The predicted molar refractivity (Wildman–Crippen MR) is 150 cm³/mol. The van der Waals surface area contributed by atoms with Gasteiger partial charge in [0.05, 0.1) is 36.0 Å². The van der Waals surface area contributed by atoms with E-state index in [4.69, 9.17) is 15.5 Å². The minimum absolute atomic E-state index is 0.123. The monoisotopic (exact) mass is 498 g/mol. The van der Waals surface area contributed by atoms with Crippen molar-refractivity contribution in [3.63, 3.8) is 0 Å². The number of ether oxygens (including phenoxy) is 1. The van der Waals surface area contributed by atoms with Gasteiger partial charge in [-0.05, 0) is 78.0 Å². The van der Waals surface area contributed by atoms with Crippen LogP contribution >= 0.6 is 0 Å². The molecule has 2 bridgehead atoms. The number of anilines is 2. The topological polar surface area (TPSA) is 71.7 Å². The molecule has 0 radical (unpaired) electrons. The molecule has 0 saturated carbocycles. The van der Waals surface area contributed by atoms with E-state index in [1.807, 2.05) is 4.90 Å². The highest BCUT2D eigenvalue weighted by molar-refractivity contribution is 5.91. The van der Waals surface area contributed by atoms with Crippen LogP contribution in [-0.2, 0) is 16.0 Å². The fraction of sp³-hybridized carbons (Fsp3) is 0.484. The van der Waals surface area contributed by atoms with E-state index < -0.39 is 0 Å². The third kappa shape index (κ3) is 4.56. The summed E-state index contributed by atoms with van der Waals surface area (Å²) < 4.78 is 5.82. The number of aromatic nitrogens is 1. The van der Waals surface area contributed by atoms with Gasteiger partial charge < -0.3 is 20.3 Å². The van der Waals surface area contributed by atoms with Crippen molar-refractivity contribution < 1.29 is 9.53 Å². The molecule has 1 aromatic heterocycles. The summed E-state index contributed by atoms with van der Waals surface area (Å²) in [5.74, 6) is 0.589. The predicted octanol–water partition coefficient (Wildman–Crippen LogP) is 5.73. The van der Waals surface area contributed by atoms with Crippen LogP contribution in [0, 0.1) is 5.41 Å². The molecule has 6 nitrogen and oxygen atoms in total. The molecule has 0 spiro atoms. The molecule has 6 heteroatoms. The number of amides is 1. The van der Waals surface area contributed by atoms with E-state index in [2.05, 4.69) is 68.1 Å². The highest BCUT2D eigenvalue weighted by Crippen LogP contribution is 2.42. The van der Waals surface area contributed by atoms with E-state index in [9.17, 15) is 4.79 Å². The van der Waals surface area contributed by atoms with E-state index >= 15 is 0 Å². The molecule has 1 unspecified atom stereocenters. The zero-order valence-electron chi connectivity index (χ0n) is 22.2. The maximum atomic E-state index is 11.9. The van der Waals surface area contributed by atoms with Gasteiger partial charge in [-0.3, -0.25) is 4.79 Å². The van der Waals surface area contributed by atoms with Crippen LogP contribution in [-0.4, -0.2) is 48.1 Å². The van der Waals surface area contributed by atoms with E-state index in [-0.39, 0.29) is 11.5 Å². The van der Waals surface area contributed by atoms with Crippen LogP contribution < -0.4 is 10.6 Å². The van der Waals surface area contributed by atoms with Crippen molar-refractivity contribution >= 4 is 28.8 Å². The number of pyridine rings is 1. The molecule has 2 aromatic carbocycles. The van der Waals surface area contributed by atoms with Gasteiger partial charge in [-0.2, -0.15) is 0 Å². The van der Waals surface area contributed by atoms with Crippen LogP contribution in [0.3, 0.4) is 0 Å². The first-order valence-corrected chi connectivity index (χ1v) is 13.7. The van der Waals surface area contributed by atoms with E-state index in [0.717, 1.165) is 74.8 Å². The maximum absolute atomic E-state index is 11.9. The number of hydrogen-bond donors (Lipinski definition) is 1. The number of benzene rings is 2. The highest BCUT2D eigenvalue weighted by Gasteiger charge is 2.40. The van der Waals surface area contributed by atoms with Gasteiger partial charge in [-0.15, -0.1) is 0 Å². The average Bonchev–Trinajstić information content (AvgIpc) is 3.63. The first-order chi connectivity index (χ1) is 17.8. The lowest BCUT2D eigenvalue weighted by Gasteiger charge is -2.30. The van der Waals surface area contributed by atoms with E-state index in [0.29, 0.717) is 18.0 Å².